The maximum absolute atomic E-state index is 12.8. The van der Waals surface area contributed by atoms with Crippen molar-refractivity contribution in [3.63, 3.8) is 0 Å². The zero-order chi connectivity index (χ0) is 18.4. The Bertz CT molecular complexity index is 426. The van der Waals surface area contributed by atoms with Gasteiger partial charge >= 0.3 is 0 Å². The molecule has 3 heterocycles. The van der Waals surface area contributed by atoms with E-state index in [1.54, 1.807) is 0 Å². The number of carbonyl (C=O) groups is 1. The Hall–Kier alpha value is -0.650. The third kappa shape index (κ3) is 5.67. The molecule has 0 radical (unpaired) electrons. The lowest BCUT2D eigenvalue weighted by Crippen LogP contribution is -2.48. The summed E-state index contributed by atoms with van der Waals surface area (Å²) in [6.07, 6.45) is 9.17. The maximum Gasteiger partial charge on any atom is 0.236 e. The summed E-state index contributed by atoms with van der Waals surface area (Å²) in [6.45, 7) is 13.9. The van der Waals surface area contributed by atoms with Gasteiger partial charge in [-0.15, -0.1) is 0 Å². The monoisotopic (exact) mass is 364 g/mol. The molecule has 0 bridgehead atoms. The zero-order valence-corrected chi connectivity index (χ0v) is 17.2. The highest BCUT2D eigenvalue weighted by Gasteiger charge is 2.27. The molecule has 3 aliphatic heterocycles. The summed E-state index contributed by atoms with van der Waals surface area (Å²) in [5.41, 5.74) is 0. The molecule has 0 atom stereocenters. The molecule has 3 fully saturated rings. The standard InChI is InChI=1S/C21H40N4O/c1-19(2)23-12-7-13-25(17-16-23)21(26)18-22-14-8-20(9-15-22)24-10-5-3-4-6-11-24/h19-20H,3-18H2,1-2H3. The van der Waals surface area contributed by atoms with Crippen LogP contribution < -0.4 is 0 Å². The Morgan fingerprint density at radius 3 is 2.15 bits per heavy atom. The van der Waals surface area contributed by atoms with Gasteiger partial charge in [0.1, 0.15) is 0 Å². The number of piperidine rings is 1. The third-order valence-corrected chi connectivity index (χ3v) is 6.69. The van der Waals surface area contributed by atoms with Gasteiger partial charge in [-0.2, -0.15) is 0 Å². The summed E-state index contributed by atoms with van der Waals surface area (Å²) >= 11 is 0. The van der Waals surface area contributed by atoms with Crippen LogP contribution in [0.4, 0.5) is 0 Å². The van der Waals surface area contributed by atoms with Gasteiger partial charge in [0.05, 0.1) is 6.54 Å². The summed E-state index contributed by atoms with van der Waals surface area (Å²) in [4.78, 5) is 22.5. The largest absolute Gasteiger partial charge is 0.340 e. The number of nitrogens with zero attached hydrogens (tertiary/aromatic N) is 4. The number of hydrogen-bond acceptors (Lipinski definition) is 4. The van der Waals surface area contributed by atoms with E-state index in [-0.39, 0.29) is 0 Å². The summed E-state index contributed by atoms with van der Waals surface area (Å²) in [5, 5.41) is 0. The lowest BCUT2D eigenvalue weighted by atomic mass is 10.0. The topological polar surface area (TPSA) is 30.0 Å². The van der Waals surface area contributed by atoms with Gasteiger partial charge < -0.3 is 9.80 Å². The summed E-state index contributed by atoms with van der Waals surface area (Å²) in [5.74, 6) is 0.351. The molecule has 3 rings (SSSR count). The second-order valence-corrected chi connectivity index (χ2v) is 8.82. The molecule has 0 spiro atoms. The molecule has 5 heteroatoms. The molecular weight excluding hydrogens is 324 g/mol. The van der Waals surface area contributed by atoms with Crippen molar-refractivity contribution in [2.75, 3.05) is 58.9 Å². The van der Waals surface area contributed by atoms with Crippen molar-refractivity contribution < 1.29 is 4.79 Å². The van der Waals surface area contributed by atoms with E-state index in [1.807, 2.05) is 0 Å². The molecule has 0 unspecified atom stereocenters. The van der Waals surface area contributed by atoms with Gasteiger partial charge in [-0.25, -0.2) is 0 Å². The molecule has 0 aromatic rings. The van der Waals surface area contributed by atoms with E-state index in [1.165, 1.54) is 51.6 Å². The lowest BCUT2D eigenvalue weighted by molar-refractivity contribution is -0.132. The average Bonchev–Trinajstić information content (AvgIpc) is 3.05. The minimum Gasteiger partial charge on any atom is -0.340 e. The van der Waals surface area contributed by atoms with Crippen LogP contribution in [0.15, 0.2) is 0 Å². The van der Waals surface area contributed by atoms with Gasteiger partial charge in [0, 0.05) is 51.4 Å². The lowest BCUT2D eigenvalue weighted by Gasteiger charge is -2.38. The van der Waals surface area contributed by atoms with E-state index in [0.717, 1.165) is 51.7 Å². The second-order valence-electron chi connectivity index (χ2n) is 8.82. The normalized spacial score (nSPS) is 26.0. The SMILES string of the molecule is CC(C)N1CCCN(C(=O)CN2CCC(N3CCCCCC3)CC2)CC1. The van der Waals surface area contributed by atoms with Crippen molar-refractivity contribution in [2.24, 2.45) is 0 Å². The molecule has 3 saturated heterocycles. The molecule has 150 valence electrons. The molecule has 0 saturated carbocycles. The first-order chi connectivity index (χ1) is 12.6. The fourth-order valence-electron chi connectivity index (χ4n) is 4.90. The average molecular weight is 365 g/mol. The fraction of sp³-hybridized carbons (Fsp3) is 0.952. The maximum atomic E-state index is 12.8. The highest BCUT2D eigenvalue weighted by molar-refractivity contribution is 5.78. The fourth-order valence-corrected chi connectivity index (χ4v) is 4.90. The number of carbonyl (C=O) groups excluding carboxylic acids is 1. The second kappa shape index (κ2) is 10.0. The van der Waals surface area contributed by atoms with Crippen molar-refractivity contribution in [3.05, 3.63) is 0 Å². The number of amides is 1. The molecule has 26 heavy (non-hydrogen) atoms. The van der Waals surface area contributed by atoms with Crippen molar-refractivity contribution in [2.45, 2.75) is 70.9 Å². The predicted molar refractivity (Wildman–Crippen MR) is 107 cm³/mol. The van der Waals surface area contributed by atoms with Crippen molar-refractivity contribution in [1.29, 1.82) is 0 Å². The van der Waals surface area contributed by atoms with Crippen LogP contribution in [0.1, 0.15) is 58.8 Å². The van der Waals surface area contributed by atoms with Crippen LogP contribution in [-0.4, -0.2) is 96.5 Å². The molecule has 1 amide bonds. The molecule has 0 N–H and O–H groups in total. The van der Waals surface area contributed by atoms with E-state index in [2.05, 4.69) is 33.4 Å². The number of likely N-dealkylation sites (tertiary alicyclic amines) is 2. The van der Waals surface area contributed by atoms with Crippen LogP contribution in [-0.2, 0) is 4.79 Å². The molecule has 0 aliphatic carbocycles. The highest BCUT2D eigenvalue weighted by Crippen LogP contribution is 2.20. The van der Waals surface area contributed by atoms with Crippen molar-refractivity contribution in [1.82, 2.24) is 19.6 Å². The summed E-state index contributed by atoms with van der Waals surface area (Å²) in [7, 11) is 0. The summed E-state index contributed by atoms with van der Waals surface area (Å²) < 4.78 is 0. The van der Waals surface area contributed by atoms with E-state index in [9.17, 15) is 4.79 Å². The van der Waals surface area contributed by atoms with Gasteiger partial charge in [-0.05, 0) is 59.0 Å². The Morgan fingerprint density at radius 1 is 0.808 bits per heavy atom. The number of rotatable bonds is 4. The van der Waals surface area contributed by atoms with Gasteiger partial charge in [0.15, 0.2) is 0 Å². The Kier molecular flexibility index (Phi) is 7.77. The highest BCUT2D eigenvalue weighted by atomic mass is 16.2. The Labute approximate surface area is 160 Å². The molecule has 0 aromatic heterocycles. The smallest absolute Gasteiger partial charge is 0.236 e. The number of hydrogen-bond donors (Lipinski definition) is 0. The third-order valence-electron chi connectivity index (χ3n) is 6.69. The van der Waals surface area contributed by atoms with Gasteiger partial charge in [-0.3, -0.25) is 14.6 Å². The van der Waals surface area contributed by atoms with Gasteiger partial charge in [0.25, 0.3) is 0 Å². The Morgan fingerprint density at radius 2 is 1.50 bits per heavy atom. The van der Waals surface area contributed by atoms with Crippen molar-refractivity contribution in [3.8, 4) is 0 Å². The molecule has 3 aliphatic rings. The van der Waals surface area contributed by atoms with E-state index in [0.29, 0.717) is 18.5 Å². The molecule has 0 aromatic carbocycles. The van der Waals surface area contributed by atoms with E-state index >= 15 is 0 Å². The van der Waals surface area contributed by atoms with Gasteiger partial charge in [-0.1, -0.05) is 12.8 Å². The zero-order valence-electron chi connectivity index (χ0n) is 17.2. The van der Waals surface area contributed by atoms with E-state index in [4.69, 9.17) is 0 Å². The van der Waals surface area contributed by atoms with Crippen LogP contribution >= 0.6 is 0 Å². The van der Waals surface area contributed by atoms with Crippen LogP contribution in [0, 0.1) is 0 Å². The van der Waals surface area contributed by atoms with Crippen LogP contribution in [0.2, 0.25) is 0 Å². The minimum atomic E-state index is 0.351. The van der Waals surface area contributed by atoms with Crippen molar-refractivity contribution >= 4 is 5.91 Å². The first-order valence-electron chi connectivity index (χ1n) is 11.1. The first kappa shape index (κ1) is 20.1. The predicted octanol–water partition coefficient (Wildman–Crippen LogP) is 2.27. The molecular formula is C21H40N4O. The first-order valence-corrected chi connectivity index (χ1v) is 11.1. The minimum absolute atomic E-state index is 0.351. The summed E-state index contributed by atoms with van der Waals surface area (Å²) in [6, 6.07) is 1.35. The van der Waals surface area contributed by atoms with Crippen LogP contribution in [0.3, 0.4) is 0 Å². The van der Waals surface area contributed by atoms with Gasteiger partial charge in [0.2, 0.25) is 5.91 Å². The Balaban J connectivity index is 1.40. The van der Waals surface area contributed by atoms with E-state index < -0.39 is 0 Å². The quantitative estimate of drug-likeness (QED) is 0.765. The van der Waals surface area contributed by atoms with Crippen LogP contribution in [0.5, 0.6) is 0 Å². The molecule has 5 nitrogen and oxygen atoms in total. The van der Waals surface area contributed by atoms with Crippen LogP contribution in [0.25, 0.3) is 0 Å².